The van der Waals surface area contributed by atoms with E-state index < -0.39 is 6.10 Å². The van der Waals surface area contributed by atoms with Gasteiger partial charge in [0, 0.05) is 23.4 Å². The van der Waals surface area contributed by atoms with Crippen molar-refractivity contribution in [2.75, 3.05) is 11.5 Å². The van der Waals surface area contributed by atoms with Gasteiger partial charge in [-0.25, -0.2) is 0 Å². The third kappa shape index (κ3) is 3.52. The van der Waals surface area contributed by atoms with Crippen LogP contribution in [0.3, 0.4) is 0 Å². The van der Waals surface area contributed by atoms with Crippen LogP contribution in [0.5, 0.6) is 5.75 Å². The fourth-order valence-electron chi connectivity index (χ4n) is 2.78. The Morgan fingerprint density at radius 3 is 2.36 bits per heavy atom. The Hall–Kier alpha value is -2.20. The number of aliphatic hydroxyl groups excluding tert-OH is 1. The summed E-state index contributed by atoms with van der Waals surface area (Å²) in [7, 11) is 0. The highest BCUT2D eigenvalue weighted by molar-refractivity contribution is 5.59. The first kappa shape index (κ1) is 16.2. The van der Waals surface area contributed by atoms with E-state index in [4.69, 9.17) is 11.5 Å². The van der Waals surface area contributed by atoms with Gasteiger partial charge in [0.05, 0.1) is 6.10 Å². The Labute approximate surface area is 131 Å². The average Bonchev–Trinajstić information content (AvgIpc) is 2.45. The molecule has 0 heterocycles. The third-order valence-corrected chi connectivity index (χ3v) is 3.90. The first-order valence-corrected chi connectivity index (χ1v) is 7.56. The highest BCUT2D eigenvalue weighted by Gasteiger charge is 2.13. The lowest BCUT2D eigenvalue weighted by atomic mass is 9.94. The summed E-state index contributed by atoms with van der Waals surface area (Å²) in [5, 5.41) is 19.6. The Kier molecular flexibility index (Phi) is 4.93. The molecule has 0 radical (unpaired) electrons. The molecule has 2 aromatic carbocycles. The zero-order chi connectivity index (χ0) is 16.3. The summed E-state index contributed by atoms with van der Waals surface area (Å²) in [4.78, 5) is 0. The van der Waals surface area contributed by atoms with Crippen LogP contribution >= 0.6 is 0 Å². The van der Waals surface area contributed by atoms with Crippen molar-refractivity contribution in [3.63, 3.8) is 0 Å². The van der Waals surface area contributed by atoms with E-state index in [1.807, 2.05) is 25.1 Å². The smallest absolute Gasteiger partial charge is 0.119 e. The summed E-state index contributed by atoms with van der Waals surface area (Å²) in [6.07, 6.45) is 1.49. The summed E-state index contributed by atoms with van der Waals surface area (Å²) in [6, 6.07) is 9.16. The van der Waals surface area contributed by atoms with Crippen LogP contribution in [0.4, 0.5) is 11.4 Å². The van der Waals surface area contributed by atoms with Crippen molar-refractivity contribution < 1.29 is 10.2 Å². The molecule has 0 bridgehead atoms. The highest BCUT2D eigenvalue weighted by Crippen LogP contribution is 2.30. The Morgan fingerprint density at radius 2 is 1.77 bits per heavy atom. The quantitative estimate of drug-likeness (QED) is 0.504. The molecule has 0 saturated carbocycles. The molecule has 0 aliphatic rings. The lowest BCUT2D eigenvalue weighted by Gasteiger charge is -2.15. The number of anilines is 2. The van der Waals surface area contributed by atoms with Crippen LogP contribution in [0.1, 0.15) is 36.1 Å². The molecule has 0 aliphatic heterocycles. The number of nitrogens with two attached hydrogens (primary N) is 2. The molecule has 0 aliphatic carbocycles. The van der Waals surface area contributed by atoms with Crippen LogP contribution in [0.25, 0.3) is 0 Å². The predicted molar refractivity (Wildman–Crippen MR) is 90.9 cm³/mol. The summed E-state index contributed by atoms with van der Waals surface area (Å²) >= 11 is 0. The summed E-state index contributed by atoms with van der Waals surface area (Å²) in [6.45, 7) is 3.77. The Balaban J connectivity index is 2.34. The molecule has 0 spiro atoms. The lowest BCUT2D eigenvalue weighted by molar-refractivity contribution is 0.195. The number of aromatic hydroxyl groups is 1. The van der Waals surface area contributed by atoms with E-state index in [0.717, 1.165) is 28.7 Å². The second-order valence-electron chi connectivity index (χ2n) is 5.75. The molecular formula is C18H24N2O2. The van der Waals surface area contributed by atoms with Gasteiger partial charge in [0.15, 0.2) is 0 Å². The van der Waals surface area contributed by atoms with Crippen LogP contribution in [0, 0.1) is 0 Å². The van der Waals surface area contributed by atoms with Gasteiger partial charge >= 0.3 is 0 Å². The maximum atomic E-state index is 10.1. The molecule has 4 nitrogen and oxygen atoms in total. The lowest BCUT2D eigenvalue weighted by Crippen LogP contribution is -2.06. The largest absolute Gasteiger partial charge is 0.508 e. The normalized spacial score (nSPS) is 12.3. The van der Waals surface area contributed by atoms with E-state index >= 15 is 0 Å². The maximum absolute atomic E-state index is 10.1. The van der Waals surface area contributed by atoms with Gasteiger partial charge in [-0.3, -0.25) is 0 Å². The minimum absolute atomic E-state index is 0.249. The van der Waals surface area contributed by atoms with Crippen molar-refractivity contribution in [3.05, 3.63) is 52.6 Å². The fraction of sp³-hybridized carbons (Fsp3) is 0.333. The maximum Gasteiger partial charge on any atom is 0.119 e. The van der Waals surface area contributed by atoms with Gasteiger partial charge < -0.3 is 21.7 Å². The van der Waals surface area contributed by atoms with Gasteiger partial charge in [-0.2, -0.15) is 0 Å². The molecule has 0 amide bonds. The molecule has 0 saturated heterocycles. The predicted octanol–water partition coefficient (Wildman–Crippen LogP) is 2.63. The third-order valence-electron chi connectivity index (χ3n) is 3.90. The molecule has 0 aromatic heterocycles. The van der Waals surface area contributed by atoms with Gasteiger partial charge in [-0.1, -0.05) is 19.1 Å². The average molecular weight is 300 g/mol. The zero-order valence-electron chi connectivity index (χ0n) is 13.1. The number of hydrogen-bond acceptors (Lipinski definition) is 4. The monoisotopic (exact) mass is 300 g/mol. The van der Waals surface area contributed by atoms with E-state index in [1.165, 1.54) is 0 Å². The summed E-state index contributed by atoms with van der Waals surface area (Å²) in [5.41, 5.74) is 17.2. The van der Waals surface area contributed by atoms with Crippen molar-refractivity contribution >= 4 is 11.4 Å². The van der Waals surface area contributed by atoms with Crippen LogP contribution in [0.15, 0.2) is 30.3 Å². The van der Waals surface area contributed by atoms with Gasteiger partial charge in [-0.05, 0) is 54.7 Å². The topological polar surface area (TPSA) is 92.5 Å². The summed E-state index contributed by atoms with van der Waals surface area (Å²) in [5.74, 6) is 0.249. The minimum Gasteiger partial charge on any atom is -0.508 e. The van der Waals surface area contributed by atoms with Crippen LogP contribution in [0.2, 0.25) is 0 Å². The minimum atomic E-state index is -0.394. The van der Waals surface area contributed by atoms with Crippen molar-refractivity contribution in [3.8, 4) is 5.75 Å². The van der Waals surface area contributed by atoms with Crippen LogP contribution < -0.4 is 11.5 Å². The molecule has 0 fully saturated rings. The van der Waals surface area contributed by atoms with E-state index in [0.29, 0.717) is 24.2 Å². The van der Waals surface area contributed by atoms with Crippen LogP contribution in [-0.4, -0.2) is 16.3 Å². The molecule has 4 heteroatoms. The second kappa shape index (κ2) is 6.71. The number of rotatable bonds is 5. The number of phenols is 1. The van der Waals surface area contributed by atoms with Crippen LogP contribution in [-0.2, 0) is 19.3 Å². The molecule has 118 valence electrons. The fourth-order valence-corrected chi connectivity index (χ4v) is 2.78. The highest BCUT2D eigenvalue weighted by atomic mass is 16.3. The zero-order valence-corrected chi connectivity index (χ0v) is 13.1. The van der Waals surface area contributed by atoms with E-state index in [1.54, 1.807) is 19.1 Å². The van der Waals surface area contributed by atoms with E-state index in [9.17, 15) is 10.2 Å². The standard InChI is InChI=1S/C18H24N2O2/c1-3-14-15(18(22)7-6-16(14)19)10-13-5-4-12(8-11(2)21)9-17(13)20/h4-7,9,11,21-22H,3,8,10,19-20H2,1-2H3. The molecule has 1 atom stereocenters. The van der Waals surface area contributed by atoms with Gasteiger partial charge in [0.2, 0.25) is 0 Å². The van der Waals surface area contributed by atoms with Gasteiger partial charge in [-0.15, -0.1) is 0 Å². The van der Waals surface area contributed by atoms with Gasteiger partial charge in [0.25, 0.3) is 0 Å². The van der Waals surface area contributed by atoms with E-state index in [-0.39, 0.29) is 5.75 Å². The first-order chi connectivity index (χ1) is 10.4. The van der Waals surface area contributed by atoms with Crippen molar-refractivity contribution in [2.45, 2.75) is 39.2 Å². The molecule has 22 heavy (non-hydrogen) atoms. The number of aliphatic hydroxyl groups is 1. The number of nitrogen functional groups attached to an aromatic ring is 2. The van der Waals surface area contributed by atoms with E-state index in [2.05, 4.69) is 0 Å². The van der Waals surface area contributed by atoms with Crippen molar-refractivity contribution in [2.24, 2.45) is 0 Å². The number of benzene rings is 2. The summed E-state index contributed by atoms with van der Waals surface area (Å²) < 4.78 is 0. The molecule has 1 unspecified atom stereocenters. The van der Waals surface area contributed by atoms with Crippen molar-refractivity contribution in [1.82, 2.24) is 0 Å². The number of phenolic OH excluding ortho intramolecular Hbond substituents is 1. The molecule has 6 N–H and O–H groups in total. The Bertz CT molecular complexity index is 666. The van der Waals surface area contributed by atoms with Gasteiger partial charge in [0.1, 0.15) is 5.75 Å². The number of hydrogen-bond donors (Lipinski definition) is 4. The molecule has 2 rings (SSSR count). The Morgan fingerprint density at radius 1 is 1.05 bits per heavy atom. The SMILES string of the molecule is CCc1c(N)ccc(O)c1Cc1ccc(CC(C)O)cc1N. The first-order valence-electron chi connectivity index (χ1n) is 7.56. The van der Waals surface area contributed by atoms with Crippen molar-refractivity contribution in [1.29, 1.82) is 0 Å². The molecule has 2 aromatic rings. The molecular weight excluding hydrogens is 276 g/mol. The second-order valence-corrected chi connectivity index (χ2v) is 5.75.